The van der Waals surface area contributed by atoms with Crippen molar-refractivity contribution in [2.75, 3.05) is 30.4 Å². The summed E-state index contributed by atoms with van der Waals surface area (Å²) in [7, 11) is 1.73. The van der Waals surface area contributed by atoms with Crippen LogP contribution in [0.25, 0.3) is 0 Å². The molecule has 1 atom stereocenters. The van der Waals surface area contributed by atoms with Crippen LogP contribution in [0, 0.1) is 0 Å². The van der Waals surface area contributed by atoms with Gasteiger partial charge in [0.25, 0.3) is 5.91 Å². The number of hydrogen-bond acceptors (Lipinski definition) is 4. The van der Waals surface area contributed by atoms with E-state index < -0.39 is 12.0 Å². The molecule has 0 aromatic heterocycles. The molecular formula is C13H16ClN3O3. The normalized spacial score (nSPS) is 16.6. The zero-order valence-corrected chi connectivity index (χ0v) is 12.0. The third-order valence-corrected chi connectivity index (χ3v) is 3.39. The summed E-state index contributed by atoms with van der Waals surface area (Å²) in [6.07, 6.45) is -1.19. The van der Waals surface area contributed by atoms with E-state index in [1.807, 2.05) is 6.92 Å². The Kier molecular flexibility index (Phi) is 4.15. The van der Waals surface area contributed by atoms with Gasteiger partial charge in [-0.25, -0.2) is 0 Å². The minimum atomic E-state index is -1.19. The van der Waals surface area contributed by atoms with Gasteiger partial charge >= 0.3 is 0 Å². The number of nitrogens with one attached hydrogen (secondary N) is 2. The van der Waals surface area contributed by atoms with Crippen molar-refractivity contribution >= 4 is 34.8 Å². The molecule has 20 heavy (non-hydrogen) atoms. The van der Waals surface area contributed by atoms with Crippen LogP contribution < -0.4 is 15.5 Å². The number of aliphatic hydroxyl groups excluding tert-OH is 1. The van der Waals surface area contributed by atoms with Gasteiger partial charge in [-0.3, -0.25) is 9.59 Å². The molecule has 7 heteroatoms. The number of rotatable bonds is 4. The van der Waals surface area contributed by atoms with E-state index in [2.05, 4.69) is 10.6 Å². The second-order valence-corrected chi connectivity index (χ2v) is 5.00. The van der Waals surface area contributed by atoms with Crippen molar-refractivity contribution in [2.45, 2.75) is 13.0 Å². The SMILES string of the molecule is CCNC(=O)CN(C)c1cc2c(cc1Cl)C(O)C(=O)N2. The molecule has 108 valence electrons. The number of aliphatic hydroxyl groups is 1. The predicted octanol–water partition coefficient (Wildman–Crippen LogP) is 0.898. The smallest absolute Gasteiger partial charge is 0.257 e. The highest BCUT2D eigenvalue weighted by atomic mass is 35.5. The van der Waals surface area contributed by atoms with Gasteiger partial charge in [0.15, 0.2) is 6.10 Å². The van der Waals surface area contributed by atoms with Crippen LogP contribution in [-0.2, 0) is 9.59 Å². The summed E-state index contributed by atoms with van der Waals surface area (Å²) in [5.74, 6) is -0.588. The van der Waals surface area contributed by atoms with E-state index in [9.17, 15) is 14.7 Å². The third kappa shape index (κ3) is 2.71. The summed E-state index contributed by atoms with van der Waals surface area (Å²) in [6, 6.07) is 3.20. The van der Waals surface area contributed by atoms with Gasteiger partial charge in [0, 0.05) is 24.8 Å². The fraction of sp³-hybridized carbons (Fsp3) is 0.385. The standard InChI is InChI=1S/C13H16ClN3O3/c1-3-15-11(18)6-17(2)10-5-9-7(4-8(10)14)12(19)13(20)16-9/h4-5,12,19H,3,6H2,1-2H3,(H,15,18)(H,16,20). The number of likely N-dealkylation sites (N-methyl/N-ethyl adjacent to an activating group) is 2. The Hall–Kier alpha value is -1.79. The van der Waals surface area contributed by atoms with Gasteiger partial charge in [-0.15, -0.1) is 0 Å². The molecule has 1 aliphatic heterocycles. The lowest BCUT2D eigenvalue weighted by Gasteiger charge is -2.21. The van der Waals surface area contributed by atoms with Crippen LogP contribution in [-0.4, -0.2) is 37.1 Å². The number of anilines is 2. The number of carbonyl (C=O) groups is 2. The van der Waals surface area contributed by atoms with Gasteiger partial charge in [-0.05, 0) is 19.1 Å². The van der Waals surface area contributed by atoms with E-state index in [4.69, 9.17) is 11.6 Å². The van der Waals surface area contributed by atoms with Gasteiger partial charge in [0.05, 0.1) is 17.3 Å². The Morgan fingerprint density at radius 2 is 2.25 bits per heavy atom. The first-order valence-corrected chi connectivity index (χ1v) is 6.62. The molecule has 0 radical (unpaired) electrons. The Balaban J connectivity index is 2.24. The Bertz CT molecular complexity index is 562. The molecule has 6 nitrogen and oxygen atoms in total. The van der Waals surface area contributed by atoms with Crippen LogP contribution in [0.15, 0.2) is 12.1 Å². The minimum absolute atomic E-state index is 0.115. The first-order valence-electron chi connectivity index (χ1n) is 6.24. The summed E-state index contributed by atoms with van der Waals surface area (Å²) in [5, 5.41) is 15.3. The quantitative estimate of drug-likeness (QED) is 0.771. The maximum Gasteiger partial charge on any atom is 0.257 e. The lowest BCUT2D eigenvalue weighted by molar-refractivity contribution is -0.123. The number of halogens is 1. The molecule has 1 aliphatic rings. The highest BCUT2D eigenvalue weighted by Gasteiger charge is 2.30. The highest BCUT2D eigenvalue weighted by molar-refractivity contribution is 6.33. The van der Waals surface area contributed by atoms with Gasteiger partial charge in [0.1, 0.15) is 0 Å². The van der Waals surface area contributed by atoms with Crippen molar-refractivity contribution in [3.63, 3.8) is 0 Å². The largest absolute Gasteiger partial charge is 0.378 e. The monoisotopic (exact) mass is 297 g/mol. The number of carbonyl (C=O) groups excluding carboxylic acids is 2. The summed E-state index contributed by atoms with van der Waals surface area (Å²) >= 11 is 6.15. The van der Waals surface area contributed by atoms with Crippen LogP contribution in [0.5, 0.6) is 0 Å². The van der Waals surface area contributed by atoms with E-state index >= 15 is 0 Å². The Morgan fingerprint density at radius 3 is 2.90 bits per heavy atom. The maximum atomic E-state index is 11.6. The van der Waals surface area contributed by atoms with Crippen LogP contribution >= 0.6 is 11.6 Å². The molecule has 1 unspecified atom stereocenters. The molecule has 0 saturated carbocycles. The Morgan fingerprint density at radius 1 is 1.55 bits per heavy atom. The molecule has 1 heterocycles. The fourth-order valence-corrected chi connectivity index (χ4v) is 2.42. The molecule has 0 fully saturated rings. The molecule has 2 amide bonds. The highest BCUT2D eigenvalue weighted by Crippen LogP contribution is 2.38. The molecule has 3 N–H and O–H groups in total. The topological polar surface area (TPSA) is 81.7 Å². The number of nitrogens with zero attached hydrogens (tertiary/aromatic N) is 1. The van der Waals surface area contributed by atoms with Gasteiger partial charge in [0.2, 0.25) is 5.91 Å². The number of fused-ring (bicyclic) bond motifs is 1. The lowest BCUT2D eigenvalue weighted by Crippen LogP contribution is -2.35. The van der Waals surface area contributed by atoms with Gasteiger partial charge in [-0.1, -0.05) is 11.6 Å². The minimum Gasteiger partial charge on any atom is -0.378 e. The summed E-state index contributed by atoms with van der Waals surface area (Å²) in [4.78, 5) is 24.7. The second kappa shape index (κ2) is 5.68. The fourth-order valence-electron chi connectivity index (χ4n) is 2.10. The second-order valence-electron chi connectivity index (χ2n) is 4.59. The maximum absolute atomic E-state index is 11.6. The number of amides is 2. The average molecular weight is 298 g/mol. The summed E-state index contributed by atoms with van der Waals surface area (Å²) in [5.41, 5.74) is 1.59. The molecule has 0 spiro atoms. The average Bonchev–Trinajstić information content (AvgIpc) is 2.65. The summed E-state index contributed by atoms with van der Waals surface area (Å²) < 4.78 is 0. The van der Waals surface area contributed by atoms with E-state index in [0.717, 1.165) is 0 Å². The van der Waals surface area contributed by atoms with Crippen LogP contribution in [0.2, 0.25) is 5.02 Å². The van der Waals surface area contributed by atoms with E-state index in [0.29, 0.717) is 28.5 Å². The number of benzene rings is 1. The van der Waals surface area contributed by atoms with Crippen molar-refractivity contribution in [1.29, 1.82) is 0 Å². The first-order chi connectivity index (χ1) is 9.43. The molecule has 0 aliphatic carbocycles. The van der Waals surface area contributed by atoms with E-state index in [1.165, 1.54) is 0 Å². The van der Waals surface area contributed by atoms with Gasteiger partial charge < -0.3 is 20.6 Å². The van der Waals surface area contributed by atoms with E-state index in [1.54, 1.807) is 24.1 Å². The first kappa shape index (κ1) is 14.6. The van der Waals surface area contributed by atoms with Gasteiger partial charge in [-0.2, -0.15) is 0 Å². The van der Waals surface area contributed by atoms with Crippen molar-refractivity contribution in [3.8, 4) is 0 Å². The summed E-state index contributed by atoms with van der Waals surface area (Å²) in [6.45, 7) is 2.56. The molecule has 2 rings (SSSR count). The van der Waals surface area contributed by atoms with Crippen LogP contribution in [0.4, 0.5) is 11.4 Å². The predicted molar refractivity (Wildman–Crippen MR) is 77.0 cm³/mol. The molecule has 0 bridgehead atoms. The number of hydrogen-bond donors (Lipinski definition) is 3. The molecule has 0 saturated heterocycles. The zero-order valence-electron chi connectivity index (χ0n) is 11.2. The van der Waals surface area contributed by atoms with Crippen LogP contribution in [0.3, 0.4) is 0 Å². The van der Waals surface area contributed by atoms with Crippen molar-refractivity contribution in [2.24, 2.45) is 0 Å². The molecule has 1 aromatic carbocycles. The molecule has 1 aromatic rings. The third-order valence-electron chi connectivity index (χ3n) is 3.09. The Labute approximate surface area is 121 Å². The van der Waals surface area contributed by atoms with Crippen molar-refractivity contribution in [3.05, 3.63) is 22.7 Å². The van der Waals surface area contributed by atoms with E-state index in [-0.39, 0.29) is 12.5 Å². The zero-order chi connectivity index (χ0) is 14.9. The van der Waals surface area contributed by atoms with Crippen molar-refractivity contribution < 1.29 is 14.7 Å². The lowest BCUT2D eigenvalue weighted by atomic mass is 10.1. The van der Waals surface area contributed by atoms with Crippen LogP contribution in [0.1, 0.15) is 18.6 Å². The molecular weight excluding hydrogens is 282 g/mol. The van der Waals surface area contributed by atoms with Crippen molar-refractivity contribution in [1.82, 2.24) is 5.32 Å².